The zero-order valence-electron chi connectivity index (χ0n) is 21.2. The van der Waals surface area contributed by atoms with Crippen molar-refractivity contribution in [2.45, 2.75) is 32.7 Å². The summed E-state index contributed by atoms with van der Waals surface area (Å²) in [4.78, 5) is 20.0. The number of nitrogens with zero attached hydrogens (tertiary/aromatic N) is 2. The van der Waals surface area contributed by atoms with Gasteiger partial charge in [0, 0.05) is 47.7 Å². The van der Waals surface area contributed by atoms with E-state index in [9.17, 15) is 4.79 Å². The molecule has 36 heavy (non-hydrogen) atoms. The number of rotatable bonds is 6. The lowest BCUT2D eigenvalue weighted by Crippen LogP contribution is -2.30. The number of carbonyl (C=O) groups excluding carboxylic acids is 1. The van der Waals surface area contributed by atoms with E-state index >= 15 is 0 Å². The first kappa shape index (κ1) is 23.7. The van der Waals surface area contributed by atoms with Gasteiger partial charge in [-0.15, -0.1) is 0 Å². The molecule has 0 fully saturated rings. The third kappa shape index (κ3) is 4.59. The highest BCUT2D eigenvalue weighted by Gasteiger charge is 2.21. The van der Waals surface area contributed by atoms with Crippen LogP contribution in [-0.4, -0.2) is 31.7 Å². The van der Waals surface area contributed by atoms with Crippen molar-refractivity contribution < 1.29 is 14.3 Å². The number of hydrogen-bond acceptors (Lipinski definition) is 5. The highest BCUT2D eigenvalue weighted by Crippen LogP contribution is 2.36. The molecule has 1 aliphatic heterocycles. The molecule has 1 aromatic heterocycles. The molecule has 4 aromatic rings. The number of hydrogen-bond donors (Lipinski definition) is 1. The third-order valence-corrected chi connectivity index (χ3v) is 6.85. The van der Waals surface area contributed by atoms with E-state index < -0.39 is 0 Å². The summed E-state index contributed by atoms with van der Waals surface area (Å²) in [6.45, 7) is 5.87. The quantitative estimate of drug-likeness (QED) is 0.356. The first-order chi connectivity index (χ1) is 17.5. The maximum atomic E-state index is 13.0. The molecule has 3 aromatic carbocycles. The average Bonchev–Trinajstić information content (AvgIpc) is 2.92. The maximum Gasteiger partial charge on any atom is 0.255 e. The van der Waals surface area contributed by atoms with Crippen molar-refractivity contribution in [2.24, 2.45) is 0 Å². The van der Waals surface area contributed by atoms with Crippen LogP contribution in [0.15, 0.2) is 66.9 Å². The SMILES string of the molecule is COc1cc2ncc3c(c2cc1OC)CCN(c1cccc(C(=O)Nc2cccc(C(C)C)c2)c1)C3. The Balaban J connectivity index is 1.37. The predicted molar refractivity (Wildman–Crippen MR) is 145 cm³/mol. The van der Waals surface area contributed by atoms with E-state index in [1.165, 1.54) is 16.7 Å². The maximum absolute atomic E-state index is 13.0. The molecule has 6 nitrogen and oxygen atoms in total. The molecule has 0 radical (unpaired) electrons. The number of fused-ring (bicyclic) bond motifs is 3. The molecule has 184 valence electrons. The van der Waals surface area contributed by atoms with Crippen LogP contribution in [0, 0.1) is 0 Å². The molecule has 0 saturated carbocycles. The summed E-state index contributed by atoms with van der Waals surface area (Å²) in [5, 5.41) is 4.15. The number of benzene rings is 3. The van der Waals surface area contributed by atoms with Gasteiger partial charge in [-0.05, 0) is 65.4 Å². The molecule has 1 aliphatic rings. The molecular weight excluding hydrogens is 450 g/mol. The lowest BCUT2D eigenvalue weighted by molar-refractivity contribution is 0.102. The third-order valence-electron chi connectivity index (χ3n) is 6.85. The number of pyridine rings is 1. The van der Waals surface area contributed by atoms with Crippen molar-refractivity contribution in [3.8, 4) is 11.5 Å². The van der Waals surface area contributed by atoms with E-state index in [0.29, 0.717) is 23.0 Å². The smallest absolute Gasteiger partial charge is 0.255 e. The van der Waals surface area contributed by atoms with Crippen LogP contribution in [0.5, 0.6) is 11.5 Å². The lowest BCUT2D eigenvalue weighted by atomic mass is 9.96. The monoisotopic (exact) mass is 481 g/mol. The van der Waals surface area contributed by atoms with Gasteiger partial charge in [-0.3, -0.25) is 9.78 Å². The summed E-state index contributed by atoms with van der Waals surface area (Å²) in [7, 11) is 3.29. The van der Waals surface area contributed by atoms with Gasteiger partial charge in [-0.25, -0.2) is 0 Å². The van der Waals surface area contributed by atoms with Crippen molar-refractivity contribution in [2.75, 3.05) is 31.0 Å². The highest BCUT2D eigenvalue weighted by molar-refractivity contribution is 6.04. The highest BCUT2D eigenvalue weighted by atomic mass is 16.5. The van der Waals surface area contributed by atoms with E-state index in [1.807, 2.05) is 54.7 Å². The fourth-order valence-corrected chi connectivity index (χ4v) is 4.82. The first-order valence-electron chi connectivity index (χ1n) is 12.3. The van der Waals surface area contributed by atoms with Gasteiger partial charge in [-0.1, -0.05) is 32.0 Å². The molecule has 5 rings (SSSR count). The lowest BCUT2D eigenvalue weighted by Gasteiger charge is -2.31. The Bertz CT molecular complexity index is 1430. The number of anilines is 2. The minimum absolute atomic E-state index is 0.108. The summed E-state index contributed by atoms with van der Waals surface area (Å²) >= 11 is 0. The van der Waals surface area contributed by atoms with Crippen LogP contribution in [0.3, 0.4) is 0 Å². The Hall–Kier alpha value is -4.06. The summed E-state index contributed by atoms with van der Waals surface area (Å²) in [6, 6.07) is 19.8. The van der Waals surface area contributed by atoms with Gasteiger partial charge in [0.25, 0.3) is 5.91 Å². The Morgan fingerprint density at radius 1 is 1.00 bits per heavy atom. The van der Waals surface area contributed by atoms with Crippen molar-refractivity contribution in [3.63, 3.8) is 0 Å². The van der Waals surface area contributed by atoms with Gasteiger partial charge in [-0.2, -0.15) is 0 Å². The Morgan fingerprint density at radius 2 is 1.78 bits per heavy atom. The molecule has 6 heteroatoms. The number of carbonyl (C=O) groups is 1. The number of ether oxygens (including phenoxy) is 2. The van der Waals surface area contributed by atoms with Crippen LogP contribution in [-0.2, 0) is 13.0 Å². The van der Waals surface area contributed by atoms with Gasteiger partial charge in [0.15, 0.2) is 11.5 Å². The second kappa shape index (κ2) is 9.90. The largest absolute Gasteiger partial charge is 0.493 e. The van der Waals surface area contributed by atoms with Crippen LogP contribution >= 0.6 is 0 Å². The molecule has 2 heterocycles. The predicted octanol–water partition coefficient (Wildman–Crippen LogP) is 6.19. The van der Waals surface area contributed by atoms with Crippen LogP contribution in [0.4, 0.5) is 11.4 Å². The molecule has 0 saturated heterocycles. The normalized spacial score (nSPS) is 13.0. The molecule has 0 bridgehead atoms. The summed E-state index contributed by atoms with van der Waals surface area (Å²) in [5.41, 5.74) is 7.05. The Morgan fingerprint density at radius 3 is 2.56 bits per heavy atom. The van der Waals surface area contributed by atoms with E-state index in [-0.39, 0.29) is 5.91 Å². The van der Waals surface area contributed by atoms with Crippen molar-refractivity contribution >= 4 is 28.2 Å². The summed E-state index contributed by atoms with van der Waals surface area (Å²) in [6.07, 6.45) is 2.83. The fraction of sp³-hybridized carbons (Fsp3) is 0.267. The Kier molecular flexibility index (Phi) is 6.51. The van der Waals surface area contributed by atoms with Gasteiger partial charge < -0.3 is 19.7 Å². The van der Waals surface area contributed by atoms with E-state index in [0.717, 1.165) is 41.8 Å². The van der Waals surface area contributed by atoms with Crippen LogP contribution in [0.1, 0.15) is 46.8 Å². The molecule has 0 unspecified atom stereocenters. The molecule has 1 amide bonds. The van der Waals surface area contributed by atoms with Crippen molar-refractivity contribution in [3.05, 3.63) is 89.1 Å². The minimum atomic E-state index is -0.108. The second-order valence-electron chi connectivity index (χ2n) is 9.44. The summed E-state index contributed by atoms with van der Waals surface area (Å²) in [5.74, 6) is 1.69. The molecule has 1 N–H and O–H groups in total. The topological polar surface area (TPSA) is 63.7 Å². The number of aromatic nitrogens is 1. The molecular formula is C30H31N3O3. The Labute approximate surface area is 211 Å². The number of amides is 1. The fourth-order valence-electron chi connectivity index (χ4n) is 4.82. The van der Waals surface area contributed by atoms with Gasteiger partial charge >= 0.3 is 0 Å². The zero-order chi connectivity index (χ0) is 25.2. The molecule has 0 aliphatic carbocycles. The molecule has 0 atom stereocenters. The van der Waals surface area contributed by atoms with E-state index in [4.69, 9.17) is 14.5 Å². The van der Waals surface area contributed by atoms with Gasteiger partial charge in [0.1, 0.15) is 0 Å². The van der Waals surface area contributed by atoms with Crippen molar-refractivity contribution in [1.82, 2.24) is 4.98 Å². The average molecular weight is 482 g/mol. The van der Waals surface area contributed by atoms with Crippen LogP contribution in [0.2, 0.25) is 0 Å². The van der Waals surface area contributed by atoms with E-state index in [1.54, 1.807) is 14.2 Å². The van der Waals surface area contributed by atoms with Gasteiger partial charge in [0.05, 0.1) is 19.7 Å². The van der Waals surface area contributed by atoms with Crippen LogP contribution < -0.4 is 19.7 Å². The zero-order valence-corrected chi connectivity index (χ0v) is 21.2. The van der Waals surface area contributed by atoms with Crippen molar-refractivity contribution in [1.29, 1.82) is 0 Å². The minimum Gasteiger partial charge on any atom is -0.493 e. The molecule has 0 spiro atoms. The van der Waals surface area contributed by atoms with Crippen LogP contribution in [0.25, 0.3) is 10.9 Å². The first-order valence-corrected chi connectivity index (χ1v) is 12.3. The second-order valence-corrected chi connectivity index (χ2v) is 9.44. The number of nitrogens with one attached hydrogen (secondary N) is 1. The number of methoxy groups -OCH3 is 2. The standard InChI is InChI=1S/C30H31N3O3/c1-19(2)20-7-5-9-23(13-20)32-30(34)21-8-6-10-24(14-21)33-12-11-25-22(18-33)17-31-27-16-29(36-4)28(35-3)15-26(25)27/h5-10,13-17,19H,11-12,18H2,1-4H3,(H,32,34). The van der Waals surface area contributed by atoms with Gasteiger partial charge in [0.2, 0.25) is 0 Å². The summed E-state index contributed by atoms with van der Waals surface area (Å²) < 4.78 is 11.0. The van der Waals surface area contributed by atoms with E-state index in [2.05, 4.69) is 36.2 Å².